The lowest BCUT2D eigenvalue weighted by molar-refractivity contribution is -0.121. The number of fused-ring (bicyclic) bond motifs is 1. The van der Waals surface area contributed by atoms with Crippen molar-refractivity contribution in [3.8, 4) is 0 Å². The molecule has 0 bridgehead atoms. The van der Waals surface area contributed by atoms with Crippen LogP contribution in [0.5, 0.6) is 0 Å². The van der Waals surface area contributed by atoms with Crippen LogP contribution >= 0.6 is 0 Å². The van der Waals surface area contributed by atoms with Crippen LogP contribution in [0.3, 0.4) is 0 Å². The van der Waals surface area contributed by atoms with Gasteiger partial charge in [0.25, 0.3) is 0 Å². The van der Waals surface area contributed by atoms with Crippen LogP contribution in [0.15, 0.2) is 17.3 Å². The van der Waals surface area contributed by atoms with Crippen LogP contribution in [0.25, 0.3) is 0 Å². The minimum Gasteiger partial charge on any atom is -0.273 e. The lowest BCUT2D eigenvalue weighted by atomic mass is 9.74. The number of hydrogen-bond donors (Lipinski definition) is 1. The first-order chi connectivity index (χ1) is 8.81. The van der Waals surface area contributed by atoms with E-state index in [-0.39, 0.29) is 5.91 Å². The number of rotatable bonds is 7. The summed E-state index contributed by atoms with van der Waals surface area (Å²) in [4.78, 5) is 11.6. The van der Waals surface area contributed by atoms with Crippen LogP contribution in [0.2, 0.25) is 0 Å². The van der Waals surface area contributed by atoms with E-state index in [1.807, 2.05) is 0 Å². The normalized spacial score (nSPS) is 27.1. The Morgan fingerprint density at radius 2 is 2.22 bits per heavy atom. The van der Waals surface area contributed by atoms with Crippen molar-refractivity contribution in [2.75, 3.05) is 0 Å². The molecular weight excluding hydrogens is 224 g/mol. The van der Waals surface area contributed by atoms with E-state index in [0.29, 0.717) is 18.3 Å². The van der Waals surface area contributed by atoms with E-state index in [1.165, 1.54) is 25.0 Å². The third kappa shape index (κ3) is 3.44. The standard InChI is InChI=1S/C15H24N2O/c1-2-3-4-5-6-10-15(18)17-16-14-11-12-8-7-9-13(12)14/h7-8,12-13H,2-6,9-11H2,1H3,(H,17,18). The summed E-state index contributed by atoms with van der Waals surface area (Å²) in [7, 11) is 0. The fourth-order valence-corrected chi connectivity index (χ4v) is 2.74. The first kappa shape index (κ1) is 13.3. The predicted octanol–water partition coefficient (Wildman–Crippen LogP) is 3.42. The summed E-state index contributed by atoms with van der Waals surface area (Å²) in [5.41, 5.74) is 3.89. The number of amides is 1. The molecule has 3 heteroatoms. The summed E-state index contributed by atoms with van der Waals surface area (Å²) in [6.07, 6.45) is 13.2. The van der Waals surface area contributed by atoms with Crippen molar-refractivity contribution < 1.29 is 4.79 Å². The molecule has 1 N–H and O–H groups in total. The summed E-state index contributed by atoms with van der Waals surface area (Å²) in [5.74, 6) is 1.37. The highest BCUT2D eigenvalue weighted by Gasteiger charge is 2.37. The predicted molar refractivity (Wildman–Crippen MR) is 74.3 cm³/mol. The van der Waals surface area contributed by atoms with Gasteiger partial charge in [-0.3, -0.25) is 4.79 Å². The summed E-state index contributed by atoms with van der Waals surface area (Å²) in [6, 6.07) is 0. The average molecular weight is 248 g/mol. The Kier molecular flexibility index (Phi) is 4.97. The van der Waals surface area contributed by atoms with Crippen molar-refractivity contribution in [2.45, 2.75) is 58.3 Å². The molecule has 2 aliphatic carbocycles. The third-order valence-electron chi connectivity index (χ3n) is 3.99. The molecule has 1 amide bonds. The molecule has 0 aromatic carbocycles. The van der Waals surface area contributed by atoms with Gasteiger partial charge < -0.3 is 0 Å². The Labute approximate surface area is 110 Å². The monoisotopic (exact) mass is 248 g/mol. The Bertz CT molecular complexity index is 346. The highest BCUT2D eigenvalue weighted by Crippen LogP contribution is 2.39. The number of hydrazone groups is 1. The van der Waals surface area contributed by atoms with Gasteiger partial charge in [0.05, 0.1) is 0 Å². The van der Waals surface area contributed by atoms with Crippen molar-refractivity contribution in [1.82, 2.24) is 5.43 Å². The van der Waals surface area contributed by atoms with Crippen LogP contribution in [0.1, 0.15) is 58.3 Å². The Morgan fingerprint density at radius 1 is 1.39 bits per heavy atom. The molecular formula is C15H24N2O. The fourth-order valence-electron chi connectivity index (χ4n) is 2.74. The van der Waals surface area contributed by atoms with E-state index in [0.717, 1.165) is 25.7 Å². The Morgan fingerprint density at radius 3 is 3.00 bits per heavy atom. The summed E-state index contributed by atoms with van der Waals surface area (Å²) < 4.78 is 0. The van der Waals surface area contributed by atoms with Crippen LogP contribution in [-0.4, -0.2) is 11.6 Å². The number of carbonyl (C=O) groups is 1. The second kappa shape index (κ2) is 6.72. The number of nitrogens with zero attached hydrogens (tertiary/aromatic N) is 1. The smallest absolute Gasteiger partial charge is 0.240 e. The van der Waals surface area contributed by atoms with Crippen LogP contribution < -0.4 is 5.43 Å². The third-order valence-corrected chi connectivity index (χ3v) is 3.99. The van der Waals surface area contributed by atoms with E-state index < -0.39 is 0 Å². The molecule has 0 spiro atoms. The lowest BCUT2D eigenvalue weighted by Crippen LogP contribution is -2.35. The van der Waals surface area contributed by atoms with Gasteiger partial charge in [0.1, 0.15) is 0 Å². The highest BCUT2D eigenvalue weighted by atomic mass is 16.2. The number of allylic oxidation sites excluding steroid dienone is 2. The molecule has 2 rings (SSSR count). The maximum Gasteiger partial charge on any atom is 0.240 e. The number of hydrogen-bond acceptors (Lipinski definition) is 2. The van der Waals surface area contributed by atoms with Crippen LogP contribution in [-0.2, 0) is 4.79 Å². The van der Waals surface area contributed by atoms with Gasteiger partial charge >= 0.3 is 0 Å². The number of unbranched alkanes of at least 4 members (excludes halogenated alkanes) is 4. The van der Waals surface area contributed by atoms with Crippen molar-refractivity contribution in [1.29, 1.82) is 0 Å². The minimum absolute atomic E-state index is 0.0772. The summed E-state index contributed by atoms with van der Waals surface area (Å²) in [5, 5.41) is 4.26. The number of carbonyl (C=O) groups excluding carboxylic acids is 1. The molecule has 0 saturated heterocycles. The first-order valence-corrected chi connectivity index (χ1v) is 7.33. The van der Waals surface area contributed by atoms with E-state index >= 15 is 0 Å². The lowest BCUT2D eigenvalue weighted by Gasteiger charge is -2.31. The van der Waals surface area contributed by atoms with Gasteiger partial charge in [-0.1, -0.05) is 44.8 Å². The van der Waals surface area contributed by atoms with Gasteiger partial charge in [-0.2, -0.15) is 5.10 Å². The molecule has 100 valence electrons. The molecule has 0 aliphatic heterocycles. The van der Waals surface area contributed by atoms with Gasteiger partial charge in [-0.05, 0) is 25.2 Å². The van der Waals surface area contributed by atoms with Crippen molar-refractivity contribution in [3.63, 3.8) is 0 Å². The second-order valence-electron chi connectivity index (χ2n) is 5.44. The van der Waals surface area contributed by atoms with Gasteiger partial charge in [0.15, 0.2) is 0 Å². The van der Waals surface area contributed by atoms with E-state index in [1.54, 1.807) is 0 Å². The largest absolute Gasteiger partial charge is 0.273 e. The van der Waals surface area contributed by atoms with Crippen molar-refractivity contribution in [3.05, 3.63) is 12.2 Å². The van der Waals surface area contributed by atoms with Crippen molar-refractivity contribution >= 4 is 11.6 Å². The zero-order valence-corrected chi connectivity index (χ0v) is 11.3. The first-order valence-electron chi connectivity index (χ1n) is 7.33. The van der Waals surface area contributed by atoms with Crippen molar-refractivity contribution in [2.24, 2.45) is 16.9 Å². The molecule has 2 atom stereocenters. The van der Waals surface area contributed by atoms with E-state index in [2.05, 4.69) is 29.6 Å². The molecule has 0 heterocycles. The molecule has 1 saturated carbocycles. The van der Waals surface area contributed by atoms with Gasteiger partial charge in [0, 0.05) is 18.1 Å². The molecule has 0 radical (unpaired) electrons. The highest BCUT2D eigenvalue weighted by molar-refractivity contribution is 5.94. The SMILES string of the molecule is CCCCCCCC(=O)NN=C1CC2C=CCC12. The van der Waals surface area contributed by atoms with Gasteiger partial charge in [0.2, 0.25) is 5.91 Å². The molecule has 18 heavy (non-hydrogen) atoms. The number of nitrogens with one attached hydrogen (secondary N) is 1. The molecule has 0 aromatic heterocycles. The summed E-state index contributed by atoms with van der Waals surface area (Å²) in [6.45, 7) is 2.20. The van der Waals surface area contributed by atoms with Gasteiger partial charge in [-0.25, -0.2) is 5.43 Å². The second-order valence-corrected chi connectivity index (χ2v) is 5.44. The van der Waals surface area contributed by atoms with E-state index in [9.17, 15) is 4.79 Å². The average Bonchev–Trinajstić information content (AvgIpc) is 2.71. The van der Waals surface area contributed by atoms with E-state index in [4.69, 9.17) is 0 Å². The molecule has 1 fully saturated rings. The summed E-state index contributed by atoms with van der Waals surface area (Å²) >= 11 is 0. The quantitative estimate of drug-likeness (QED) is 0.418. The Balaban J connectivity index is 1.56. The van der Waals surface area contributed by atoms with Gasteiger partial charge in [-0.15, -0.1) is 0 Å². The Hall–Kier alpha value is -1.12. The topological polar surface area (TPSA) is 41.5 Å². The van der Waals surface area contributed by atoms with Crippen LogP contribution in [0, 0.1) is 11.8 Å². The fraction of sp³-hybridized carbons (Fsp3) is 0.733. The maximum absolute atomic E-state index is 11.6. The molecule has 3 nitrogen and oxygen atoms in total. The zero-order chi connectivity index (χ0) is 12.8. The molecule has 2 unspecified atom stereocenters. The zero-order valence-electron chi connectivity index (χ0n) is 11.3. The minimum atomic E-state index is 0.0772. The molecule has 2 aliphatic rings. The molecule has 0 aromatic rings. The maximum atomic E-state index is 11.6. The van der Waals surface area contributed by atoms with Crippen LogP contribution in [0.4, 0.5) is 0 Å².